The highest BCUT2D eigenvalue weighted by atomic mass is 32.1. The average molecular weight is 412 g/mol. The van der Waals surface area contributed by atoms with Gasteiger partial charge in [-0.1, -0.05) is 11.3 Å². The zero-order chi connectivity index (χ0) is 20.3. The SMILES string of the molecule is CC1(C)Cc2nc(N3CCOc4ccc(N5C(=O)CCC5=O)cc43)sc2C(=O)N1. The number of nitrogens with zero attached hydrogens (tertiary/aromatic N) is 3. The number of thiazole rings is 1. The molecule has 3 amide bonds. The first-order chi connectivity index (χ1) is 13.8. The predicted molar refractivity (Wildman–Crippen MR) is 108 cm³/mol. The Hall–Kier alpha value is -2.94. The van der Waals surface area contributed by atoms with Gasteiger partial charge in [-0.25, -0.2) is 4.98 Å². The van der Waals surface area contributed by atoms with E-state index in [1.54, 1.807) is 18.2 Å². The summed E-state index contributed by atoms with van der Waals surface area (Å²) in [6, 6.07) is 5.30. The molecular formula is C20H20N4O4S. The number of nitrogens with one attached hydrogen (secondary N) is 1. The summed E-state index contributed by atoms with van der Waals surface area (Å²) in [5.74, 6) is 0.177. The summed E-state index contributed by atoms with van der Waals surface area (Å²) in [7, 11) is 0. The molecule has 5 rings (SSSR count). The standard InChI is InChI=1S/C20H20N4O4S/c1-20(2)10-12-17(18(27)22-20)29-19(21-12)23-7-8-28-14-4-3-11(9-13(14)23)24-15(25)5-6-16(24)26/h3-4,9H,5-8,10H2,1-2H3,(H,22,27). The van der Waals surface area contributed by atoms with Crippen molar-refractivity contribution in [2.24, 2.45) is 0 Å². The molecule has 9 heteroatoms. The predicted octanol–water partition coefficient (Wildman–Crippen LogP) is 2.39. The second kappa shape index (κ2) is 6.28. The molecule has 150 valence electrons. The van der Waals surface area contributed by atoms with Crippen LogP contribution in [0.2, 0.25) is 0 Å². The van der Waals surface area contributed by atoms with Crippen molar-refractivity contribution in [1.82, 2.24) is 10.3 Å². The van der Waals surface area contributed by atoms with E-state index in [-0.39, 0.29) is 36.1 Å². The van der Waals surface area contributed by atoms with Gasteiger partial charge in [-0.2, -0.15) is 0 Å². The number of carbonyl (C=O) groups excluding carboxylic acids is 3. The van der Waals surface area contributed by atoms with E-state index in [1.165, 1.54) is 16.2 Å². The van der Waals surface area contributed by atoms with Crippen LogP contribution in [0, 0.1) is 0 Å². The number of rotatable bonds is 2. The molecule has 1 saturated heterocycles. The Morgan fingerprint density at radius 3 is 2.69 bits per heavy atom. The number of hydrogen-bond acceptors (Lipinski definition) is 7. The number of anilines is 3. The average Bonchev–Trinajstić information content (AvgIpc) is 3.23. The van der Waals surface area contributed by atoms with Gasteiger partial charge in [-0.3, -0.25) is 19.3 Å². The van der Waals surface area contributed by atoms with E-state index in [0.29, 0.717) is 41.0 Å². The molecule has 0 radical (unpaired) electrons. The molecule has 1 N–H and O–H groups in total. The fourth-order valence-corrected chi connectivity index (χ4v) is 5.00. The minimum Gasteiger partial charge on any atom is -0.490 e. The molecule has 0 aliphatic carbocycles. The minimum absolute atomic E-state index is 0.101. The van der Waals surface area contributed by atoms with Crippen LogP contribution < -0.4 is 19.9 Å². The van der Waals surface area contributed by atoms with Crippen molar-refractivity contribution in [2.45, 2.75) is 38.6 Å². The first-order valence-corrected chi connectivity index (χ1v) is 10.4. The number of carbonyl (C=O) groups is 3. The molecule has 0 saturated carbocycles. The van der Waals surface area contributed by atoms with Crippen LogP contribution in [-0.4, -0.2) is 41.4 Å². The summed E-state index contributed by atoms with van der Waals surface area (Å²) in [5.41, 5.74) is 1.74. The van der Waals surface area contributed by atoms with Crippen molar-refractivity contribution in [3.05, 3.63) is 28.8 Å². The minimum atomic E-state index is -0.331. The van der Waals surface area contributed by atoms with Gasteiger partial charge in [0.25, 0.3) is 5.91 Å². The van der Waals surface area contributed by atoms with Gasteiger partial charge in [0.15, 0.2) is 5.13 Å². The van der Waals surface area contributed by atoms with Gasteiger partial charge in [0.1, 0.15) is 17.2 Å². The molecule has 0 bridgehead atoms. The number of benzene rings is 1. The molecule has 1 fully saturated rings. The highest BCUT2D eigenvalue weighted by Gasteiger charge is 2.35. The van der Waals surface area contributed by atoms with Gasteiger partial charge in [-0.15, -0.1) is 0 Å². The Morgan fingerprint density at radius 1 is 1.17 bits per heavy atom. The maximum atomic E-state index is 12.5. The van der Waals surface area contributed by atoms with E-state index in [9.17, 15) is 14.4 Å². The van der Waals surface area contributed by atoms with Gasteiger partial charge < -0.3 is 15.0 Å². The molecule has 29 heavy (non-hydrogen) atoms. The van der Waals surface area contributed by atoms with Gasteiger partial charge in [0.2, 0.25) is 11.8 Å². The summed E-state index contributed by atoms with van der Waals surface area (Å²) in [6.07, 6.45) is 1.14. The molecule has 1 aromatic carbocycles. The lowest BCUT2D eigenvalue weighted by Gasteiger charge is -2.30. The molecule has 8 nitrogen and oxygen atoms in total. The number of ether oxygens (including phenoxy) is 1. The molecule has 4 heterocycles. The van der Waals surface area contributed by atoms with Crippen LogP contribution in [0.15, 0.2) is 18.2 Å². The summed E-state index contributed by atoms with van der Waals surface area (Å²) in [6.45, 7) is 5.01. The van der Waals surface area contributed by atoms with E-state index in [4.69, 9.17) is 9.72 Å². The normalized spacial score (nSPS) is 20.3. The van der Waals surface area contributed by atoms with Crippen LogP contribution in [0.5, 0.6) is 5.75 Å². The molecule has 1 aromatic heterocycles. The monoisotopic (exact) mass is 412 g/mol. The first-order valence-electron chi connectivity index (χ1n) is 9.55. The summed E-state index contributed by atoms with van der Waals surface area (Å²) < 4.78 is 5.77. The fourth-order valence-electron chi connectivity index (χ4n) is 3.99. The molecule has 0 spiro atoms. The highest BCUT2D eigenvalue weighted by Crippen LogP contribution is 2.42. The Balaban J connectivity index is 1.55. The molecular weight excluding hydrogens is 392 g/mol. The van der Waals surface area contributed by atoms with Gasteiger partial charge in [-0.05, 0) is 32.0 Å². The molecule has 3 aliphatic heterocycles. The summed E-state index contributed by atoms with van der Waals surface area (Å²) >= 11 is 1.35. The smallest absolute Gasteiger partial charge is 0.263 e. The topological polar surface area (TPSA) is 91.8 Å². The third-order valence-corrected chi connectivity index (χ3v) is 6.42. The Kier molecular flexibility index (Phi) is 3.92. The van der Waals surface area contributed by atoms with Crippen LogP contribution in [0.1, 0.15) is 42.1 Å². The molecule has 0 atom stereocenters. The van der Waals surface area contributed by atoms with E-state index in [2.05, 4.69) is 5.32 Å². The maximum absolute atomic E-state index is 12.5. The Bertz CT molecular complexity index is 1040. The fraction of sp³-hybridized carbons (Fsp3) is 0.400. The van der Waals surface area contributed by atoms with Crippen molar-refractivity contribution in [3.63, 3.8) is 0 Å². The number of fused-ring (bicyclic) bond motifs is 2. The van der Waals surface area contributed by atoms with Crippen molar-refractivity contribution in [3.8, 4) is 5.75 Å². The third kappa shape index (κ3) is 2.96. The maximum Gasteiger partial charge on any atom is 0.263 e. The van der Waals surface area contributed by atoms with E-state index < -0.39 is 0 Å². The quantitative estimate of drug-likeness (QED) is 0.762. The Morgan fingerprint density at radius 2 is 1.93 bits per heavy atom. The summed E-state index contributed by atoms with van der Waals surface area (Å²) in [4.78, 5) is 45.4. The first kappa shape index (κ1) is 18.1. The van der Waals surface area contributed by atoms with Crippen LogP contribution in [0.3, 0.4) is 0 Å². The van der Waals surface area contributed by atoms with Crippen molar-refractivity contribution < 1.29 is 19.1 Å². The largest absolute Gasteiger partial charge is 0.490 e. The lowest BCUT2D eigenvalue weighted by Crippen LogP contribution is -2.48. The number of hydrogen-bond donors (Lipinski definition) is 1. The van der Waals surface area contributed by atoms with E-state index in [0.717, 1.165) is 11.4 Å². The van der Waals surface area contributed by atoms with Crippen LogP contribution in [-0.2, 0) is 16.0 Å². The second-order valence-electron chi connectivity index (χ2n) is 8.06. The highest BCUT2D eigenvalue weighted by molar-refractivity contribution is 7.17. The lowest BCUT2D eigenvalue weighted by atomic mass is 9.94. The van der Waals surface area contributed by atoms with Crippen LogP contribution in [0.25, 0.3) is 0 Å². The molecule has 3 aliphatic rings. The summed E-state index contributed by atoms with van der Waals surface area (Å²) in [5, 5.41) is 3.72. The van der Waals surface area contributed by atoms with Crippen molar-refractivity contribution in [2.75, 3.05) is 23.0 Å². The van der Waals surface area contributed by atoms with Crippen molar-refractivity contribution >= 4 is 45.6 Å². The van der Waals surface area contributed by atoms with Crippen LogP contribution >= 0.6 is 11.3 Å². The lowest BCUT2D eigenvalue weighted by molar-refractivity contribution is -0.121. The number of imide groups is 1. The zero-order valence-corrected chi connectivity index (χ0v) is 17.0. The number of amides is 3. The van der Waals surface area contributed by atoms with E-state index in [1.807, 2.05) is 18.7 Å². The van der Waals surface area contributed by atoms with Crippen LogP contribution in [0.4, 0.5) is 16.5 Å². The Labute approximate surface area is 171 Å². The third-order valence-electron chi connectivity index (χ3n) is 5.30. The molecule has 2 aromatic rings. The zero-order valence-electron chi connectivity index (χ0n) is 16.2. The van der Waals surface area contributed by atoms with Gasteiger partial charge in [0, 0.05) is 24.8 Å². The van der Waals surface area contributed by atoms with Gasteiger partial charge in [0.05, 0.1) is 23.6 Å². The molecule has 0 unspecified atom stereocenters. The number of aromatic nitrogens is 1. The van der Waals surface area contributed by atoms with Gasteiger partial charge >= 0.3 is 0 Å². The van der Waals surface area contributed by atoms with E-state index >= 15 is 0 Å². The second-order valence-corrected chi connectivity index (χ2v) is 9.04. The van der Waals surface area contributed by atoms with Crippen molar-refractivity contribution in [1.29, 1.82) is 0 Å².